The van der Waals surface area contributed by atoms with Crippen LogP contribution in [0, 0.1) is 11.3 Å². The maximum absolute atomic E-state index is 12.0. The zero-order valence-corrected chi connectivity index (χ0v) is 11.7. The molecule has 1 atom stereocenters. The lowest BCUT2D eigenvalue weighted by molar-refractivity contribution is -0.159. The molecule has 1 saturated carbocycles. The van der Waals surface area contributed by atoms with Gasteiger partial charge in [0.05, 0.1) is 5.41 Å². The van der Waals surface area contributed by atoms with Crippen molar-refractivity contribution >= 4 is 5.97 Å². The van der Waals surface area contributed by atoms with Gasteiger partial charge in [-0.15, -0.1) is 0 Å². The number of carbonyl (C=O) groups is 1. The predicted octanol–water partition coefficient (Wildman–Crippen LogP) is 4.10. The summed E-state index contributed by atoms with van der Waals surface area (Å²) in [5.41, 5.74) is 0.553. The summed E-state index contributed by atoms with van der Waals surface area (Å²) in [5, 5.41) is 0. The van der Waals surface area contributed by atoms with Crippen LogP contribution in [0.2, 0.25) is 0 Å². The lowest BCUT2D eigenvalue weighted by Crippen LogP contribution is -2.34. The minimum atomic E-state index is -0.428. The van der Waals surface area contributed by atoms with Crippen molar-refractivity contribution in [3.05, 3.63) is 12.2 Å². The molecule has 98 valence electrons. The highest BCUT2D eigenvalue weighted by atomic mass is 16.5. The zero-order valence-electron chi connectivity index (χ0n) is 11.7. The number of hydrogen-bond acceptors (Lipinski definition) is 2. The standard InChI is InChI=1S/C15H26O2/c1-11(2)13(12-9-7-6-8-10-12)17-14(16)15(3,4)5/h12-13H,1,6-10H2,2-5H3. The second kappa shape index (κ2) is 5.70. The summed E-state index contributed by atoms with van der Waals surface area (Å²) >= 11 is 0. The highest BCUT2D eigenvalue weighted by Gasteiger charge is 2.31. The molecule has 0 spiro atoms. The maximum atomic E-state index is 12.0. The van der Waals surface area contributed by atoms with Gasteiger partial charge in [-0.25, -0.2) is 0 Å². The first-order valence-electron chi connectivity index (χ1n) is 6.69. The normalized spacial score (nSPS) is 19.8. The molecular weight excluding hydrogens is 212 g/mol. The fourth-order valence-electron chi connectivity index (χ4n) is 2.33. The summed E-state index contributed by atoms with van der Waals surface area (Å²) in [6, 6.07) is 0. The van der Waals surface area contributed by atoms with Gasteiger partial charge in [-0.1, -0.05) is 25.8 Å². The minimum absolute atomic E-state index is 0.0815. The molecule has 0 amide bonds. The third-order valence-electron chi connectivity index (χ3n) is 3.41. The number of carbonyl (C=O) groups excluding carboxylic acids is 1. The minimum Gasteiger partial charge on any atom is -0.457 e. The van der Waals surface area contributed by atoms with Crippen LogP contribution in [0.1, 0.15) is 59.8 Å². The first-order valence-corrected chi connectivity index (χ1v) is 6.69. The molecule has 0 bridgehead atoms. The van der Waals surface area contributed by atoms with E-state index >= 15 is 0 Å². The SMILES string of the molecule is C=C(C)C(OC(=O)C(C)(C)C)C1CCCCC1. The number of esters is 1. The van der Waals surface area contributed by atoms with Crippen LogP contribution in [0.25, 0.3) is 0 Å². The number of ether oxygens (including phenoxy) is 1. The first-order chi connectivity index (χ1) is 7.82. The first kappa shape index (κ1) is 14.3. The number of hydrogen-bond donors (Lipinski definition) is 0. The summed E-state index contributed by atoms with van der Waals surface area (Å²) in [6.45, 7) is 11.6. The monoisotopic (exact) mass is 238 g/mol. The molecule has 17 heavy (non-hydrogen) atoms. The molecule has 0 aromatic carbocycles. The Labute approximate surface area is 105 Å². The van der Waals surface area contributed by atoms with E-state index in [1.54, 1.807) is 0 Å². The molecule has 1 unspecified atom stereocenters. The second-order valence-electron chi connectivity index (χ2n) is 6.32. The Kier molecular flexibility index (Phi) is 4.79. The number of rotatable bonds is 3. The smallest absolute Gasteiger partial charge is 0.311 e. The van der Waals surface area contributed by atoms with Crippen molar-refractivity contribution < 1.29 is 9.53 Å². The molecule has 0 aromatic rings. The Hall–Kier alpha value is -0.790. The van der Waals surface area contributed by atoms with Gasteiger partial charge in [0.15, 0.2) is 0 Å². The largest absolute Gasteiger partial charge is 0.457 e. The molecule has 0 radical (unpaired) electrons. The van der Waals surface area contributed by atoms with Gasteiger partial charge in [0, 0.05) is 0 Å². The second-order valence-corrected chi connectivity index (χ2v) is 6.32. The van der Waals surface area contributed by atoms with Crippen LogP contribution in [-0.2, 0) is 9.53 Å². The van der Waals surface area contributed by atoms with Gasteiger partial charge in [-0.3, -0.25) is 4.79 Å². The zero-order chi connectivity index (χ0) is 13.1. The van der Waals surface area contributed by atoms with E-state index in [-0.39, 0.29) is 12.1 Å². The molecule has 0 saturated heterocycles. The topological polar surface area (TPSA) is 26.3 Å². The molecule has 2 heteroatoms. The molecule has 2 nitrogen and oxygen atoms in total. The van der Waals surface area contributed by atoms with E-state index in [1.165, 1.54) is 19.3 Å². The quantitative estimate of drug-likeness (QED) is 0.546. The molecule has 0 aromatic heterocycles. The van der Waals surface area contributed by atoms with E-state index < -0.39 is 5.41 Å². The van der Waals surface area contributed by atoms with Crippen molar-refractivity contribution in [2.75, 3.05) is 0 Å². The van der Waals surface area contributed by atoms with Gasteiger partial charge in [-0.05, 0) is 52.0 Å². The fraction of sp³-hybridized carbons (Fsp3) is 0.800. The van der Waals surface area contributed by atoms with E-state index in [0.29, 0.717) is 5.92 Å². The van der Waals surface area contributed by atoms with Crippen LogP contribution in [0.15, 0.2) is 12.2 Å². The molecular formula is C15H26O2. The Balaban J connectivity index is 2.66. The van der Waals surface area contributed by atoms with Gasteiger partial charge in [-0.2, -0.15) is 0 Å². The lowest BCUT2D eigenvalue weighted by atomic mass is 9.83. The average molecular weight is 238 g/mol. The van der Waals surface area contributed by atoms with Crippen LogP contribution in [0.3, 0.4) is 0 Å². The lowest BCUT2D eigenvalue weighted by Gasteiger charge is -2.32. The summed E-state index contributed by atoms with van der Waals surface area (Å²) in [4.78, 5) is 12.0. The summed E-state index contributed by atoms with van der Waals surface area (Å²) < 4.78 is 5.68. The van der Waals surface area contributed by atoms with E-state index in [9.17, 15) is 4.79 Å². The van der Waals surface area contributed by atoms with E-state index in [0.717, 1.165) is 18.4 Å². The third kappa shape index (κ3) is 4.18. The fourth-order valence-corrected chi connectivity index (χ4v) is 2.33. The van der Waals surface area contributed by atoms with Crippen LogP contribution in [0.4, 0.5) is 0 Å². The molecule has 1 aliphatic carbocycles. The Morgan fingerprint density at radius 2 is 1.76 bits per heavy atom. The van der Waals surface area contributed by atoms with Gasteiger partial charge in [0.25, 0.3) is 0 Å². The van der Waals surface area contributed by atoms with Crippen molar-refractivity contribution in [3.8, 4) is 0 Å². The molecule has 1 rings (SSSR count). The predicted molar refractivity (Wildman–Crippen MR) is 70.7 cm³/mol. The van der Waals surface area contributed by atoms with Gasteiger partial charge < -0.3 is 4.74 Å². The molecule has 0 N–H and O–H groups in total. The highest BCUT2D eigenvalue weighted by Crippen LogP contribution is 2.32. The van der Waals surface area contributed by atoms with Crippen LogP contribution >= 0.6 is 0 Å². The highest BCUT2D eigenvalue weighted by molar-refractivity contribution is 5.75. The Morgan fingerprint density at radius 3 is 2.18 bits per heavy atom. The van der Waals surface area contributed by atoms with E-state index in [4.69, 9.17) is 4.74 Å². The summed E-state index contributed by atoms with van der Waals surface area (Å²) in [5.74, 6) is 0.364. The van der Waals surface area contributed by atoms with Crippen molar-refractivity contribution in [1.29, 1.82) is 0 Å². The molecule has 0 aliphatic heterocycles. The summed E-state index contributed by atoms with van der Waals surface area (Å²) in [7, 11) is 0. The molecule has 1 aliphatic rings. The summed E-state index contributed by atoms with van der Waals surface area (Å²) in [6.07, 6.45) is 6.06. The Morgan fingerprint density at radius 1 is 1.24 bits per heavy atom. The maximum Gasteiger partial charge on any atom is 0.311 e. The van der Waals surface area contributed by atoms with Gasteiger partial charge in [0.1, 0.15) is 6.10 Å². The average Bonchev–Trinajstić information content (AvgIpc) is 2.25. The van der Waals surface area contributed by atoms with E-state index in [2.05, 4.69) is 6.58 Å². The van der Waals surface area contributed by atoms with Crippen LogP contribution < -0.4 is 0 Å². The van der Waals surface area contributed by atoms with Crippen molar-refractivity contribution in [1.82, 2.24) is 0 Å². The van der Waals surface area contributed by atoms with E-state index in [1.807, 2.05) is 27.7 Å². The molecule has 0 heterocycles. The van der Waals surface area contributed by atoms with Crippen molar-refractivity contribution in [2.24, 2.45) is 11.3 Å². The molecule has 1 fully saturated rings. The van der Waals surface area contributed by atoms with Crippen molar-refractivity contribution in [2.45, 2.75) is 65.9 Å². The third-order valence-corrected chi connectivity index (χ3v) is 3.41. The van der Waals surface area contributed by atoms with Gasteiger partial charge >= 0.3 is 5.97 Å². The van der Waals surface area contributed by atoms with Crippen molar-refractivity contribution in [3.63, 3.8) is 0 Å². The van der Waals surface area contributed by atoms with Crippen LogP contribution in [0.5, 0.6) is 0 Å². The Bertz CT molecular complexity index is 280. The van der Waals surface area contributed by atoms with Gasteiger partial charge in [0.2, 0.25) is 0 Å². The van der Waals surface area contributed by atoms with Crippen LogP contribution in [-0.4, -0.2) is 12.1 Å².